The normalized spacial score (nSPS) is 12.8. The van der Waals surface area contributed by atoms with Crippen LogP contribution in [0, 0.1) is 0 Å². The quantitative estimate of drug-likeness (QED) is 0.160. The summed E-state index contributed by atoms with van der Waals surface area (Å²) in [4.78, 5) is 2.36. The zero-order valence-electron chi connectivity index (χ0n) is 34.8. The van der Waals surface area contributed by atoms with E-state index in [4.69, 9.17) is 8.83 Å². The molecule has 12 aromatic rings. The van der Waals surface area contributed by atoms with Crippen molar-refractivity contribution in [3.05, 3.63) is 259 Å². The zero-order valence-corrected chi connectivity index (χ0v) is 34.8. The van der Waals surface area contributed by atoms with E-state index in [1.165, 1.54) is 33.4 Å². The Labute approximate surface area is 370 Å². The maximum absolute atomic E-state index is 6.74. The van der Waals surface area contributed by atoms with Gasteiger partial charge in [-0.3, -0.25) is 0 Å². The lowest BCUT2D eigenvalue weighted by atomic mass is 9.68. The van der Waals surface area contributed by atoms with Gasteiger partial charge in [0.2, 0.25) is 0 Å². The fraction of sp³-hybridized carbons (Fsp3) is 0.0164. The number of furan rings is 2. The molecule has 0 atom stereocenters. The SMILES string of the molecule is c1ccc(C2(c3ccccc3)c3ccccc3-c3cc(N(c4ccc(-c5ccc(-c6cccc7c6oc6ccccc67)cc5)cc4)c4cccc5c4oc4ccccc45)ccc32)cc1. The molecule has 0 saturated heterocycles. The summed E-state index contributed by atoms with van der Waals surface area (Å²) in [5, 5.41) is 4.47. The third kappa shape index (κ3) is 5.41. The van der Waals surface area contributed by atoms with Crippen molar-refractivity contribution in [2.24, 2.45) is 0 Å². The second-order valence-electron chi connectivity index (χ2n) is 16.7. The number of hydrogen-bond acceptors (Lipinski definition) is 3. The van der Waals surface area contributed by atoms with Gasteiger partial charge in [-0.2, -0.15) is 0 Å². The summed E-state index contributed by atoms with van der Waals surface area (Å²) in [5.74, 6) is 0. The molecule has 0 radical (unpaired) electrons. The fourth-order valence-corrected chi connectivity index (χ4v) is 10.5. The Morgan fingerprint density at radius 2 is 0.797 bits per heavy atom. The summed E-state index contributed by atoms with van der Waals surface area (Å²) >= 11 is 0. The summed E-state index contributed by atoms with van der Waals surface area (Å²) in [7, 11) is 0. The molecule has 300 valence electrons. The minimum atomic E-state index is -0.480. The van der Waals surface area contributed by atoms with Crippen LogP contribution in [0.4, 0.5) is 17.1 Å². The number of fused-ring (bicyclic) bond motifs is 9. The molecule has 0 N–H and O–H groups in total. The second-order valence-corrected chi connectivity index (χ2v) is 16.7. The molecule has 2 aromatic heterocycles. The van der Waals surface area contributed by atoms with Gasteiger partial charge in [0, 0.05) is 38.5 Å². The van der Waals surface area contributed by atoms with E-state index in [1.54, 1.807) is 0 Å². The average Bonchev–Trinajstić information content (AvgIpc) is 4.04. The number of para-hydroxylation sites is 4. The zero-order chi connectivity index (χ0) is 42.2. The molecular weight excluding hydrogens is 779 g/mol. The lowest BCUT2D eigenvalue weighted by Gasteiger charge is -2.34. The van der Waals surface area contributed by atoms with Crippen LogP contribution in [-0.4, -0.2) is 0 Å². The smallest absolute Gasteiger partial charge is 0.159 e. The first-order valence-electron chi connectivity index (χ1n) is 21.9. The average molecular weight is 818 g/mol. The Morgan fingerprint density at radius 3 is 1.48 bits per heavy atom. The van der Waals surface area contributed by atoms with Crippen molar-refractivity contribution in [1.29, 1.82) is 0 Å². The highest BCUT2D eigenvalue weighted by molar-refractivity contribution is 6.11. The summed E-state index contributed by atoms with van der Waals surface area (Å²) in [5.41, 5.74) is 18.1. The number of benzene rings is 10. The van der Waals surface area contributed by atoms with E-state index in [9.17, 15) is 0 Å². The Hall–Kier alpha value is -8.40. The summed E-state index contributed by atoms with van der Waals surface area (Å²) < 4.78 is 13.1. The van der Waals surface area contributed by atoms with E-state index in [0.717, 1.165) is 83.2 Å². The molecule has 1 aliphatic rings. The van der Waals surface area contributed by atoms with Gasteiger partial charge in [-0.15, -0.1) is 0 Å². The molecule has 3 nitrogen and oxygen atoms in total. The van der Waals surface area contributed by atoms with Gasteiger partial charge in [0.15, 0.2) is 5.58 Å². The maximum atomic E-state index is 6.74. The Bertz CT molecular complexity index is 3670. The molecule has 0 fully saturated rings. The monoisotopic (exact) mass is 817 g/mol. The van der Waals surface area contributed by atoms with Gasteiger partial charge in [0.25, 0.3) is 0 Å². The third-order valence-electron chi connectivity index (χ3n) is 13.4. The molecule has 0 saturated carbocycles. The summed E-state index contributed by atoms with van der Waals surface area (Å²) in [6.07, 6.45) is 0. The van der Waals surface area contributed by atoms with Crippen molar-refractivity contribution in [3.63, 3.8) is 0 Å². The molecule has 2 heterocycles. The highest BCUT2D eigenvalue weighted by Crippen LogP contribution is 2.57. The van der Waals surface area contributed by atoms with Crippen LogP contribution >= 0.6 is 0 Å². The third-order valence-corrected chi connectivity index (χ3v) is 13.4. The van der Waals surface area contributed by atoms with Crippen LogP contribution in [0.1, 0.15) is 22.3 Å². The predicted molar refractivity (Wildman–Crippen MR) is 264 cm³/mol. The van der Waals surface area contributed by atoms with Crippen molar-refractivity contribution in [3.8, 4) is 33.4 Å². The highest BCUT2D eigenvalue weighted by atomic mass is 16.3. The second kappa shape index (κ2) is 14.3. The van der Waals surface area contributed by atoms with Crippen molar-refractivity contribution >= 4 is 60.9 Å². The molecule has 0 unspecified atom stereocenters. The van der Waals surface area contributed by atoms with Gasteiger partial charge in [-0.1, -0.05) is 194 Å². The molecule has 0 aliphatic heterocycles. The van der Waals surface area contributed by atoms with E-state index in [2.05, 4.69) is 223 Å². The minimum absolute atomic E-state index is 0.480. The van der Waals surface area contributed by atoms with E-state index in [0.29, 0.717) is 0 Å². The maximum Gasteiger partial charge on any atom is 0.159 e. The molecule has 3 heteroatoms. The Kier molecular flexibility index (Phi) is 8.13. The van der Waals surface area contributed by atoms with Gasteiger partial charge in [-0.05, 0) is 92.5 Å². The van der Waals surface area contributed by atoms with Crippen LogP contribution in [-0.2, 0) is 5.41 Å². The molecule has 10 aromatic carbocycles. The number of anilines is 3. The molecule has 13 rings (SSSR count). The number of hydrogen-bond donors (Lipinski definition) is 0. The number of nitrogens with zero attached hydrogens (tertiary/aromatic N) is 1. The van der Waals surface area contributed by atoms with Crippen LogP contribution in [0.25, 0.3) is 77.3 Å². The van der Waals surface area contributed by atoms with Crippen LogP contribution in [0.15, 0.2) is 245 Å². The molecule has 0 amide bonds. The summed E-state index contributed by atoms with van der Waals surface area (Å²) in [6, 6.07) is 85.1. The van der Waals surface area contributed by atoms with E-state index in [1.807, 2.05) is 18.2 Å². The Morgan fingerprint density at radius 1 is 0.312 bits per heavy atom. The topological polar surface area (TPSA) is 29.5 Å². The lowest BCUT2D eigenvalue weighted by molar-refractivity contribution is 0.669. The van der Waals surface area contributed by atoms with Crippen molar-refractivity contribution in [1.82, 2.24) is 0 Å². The first-order valence-corrected chi connectivity index (χ1v) is 21.9. The molecule has 64 heavy (non-hydrogen) atoms. The minimum Gasteiger partial charge on any atom is -0.455 e. The van der Waals surface area contributed by atoms with Crippen LogP contribution in [0.3, 0.4) is 0 Å². The van der Waals surface area contributed by atoms with Crippen LogP contribution in [0.5, 0.6) is 0 Å². The number of rotatable bonds is 7. The fourth-order valence-electron chi connectivity index (χ4n) is 10.5. The molecule has 0 spiro atoms. The van der Waals surface area contributed by atoms with Crippen LogP contribution < -0.4 is 4.90 Å². The lowest BCUT2D eigenvalue weighted by Crippen LogP contribution is -2.28. The van der Waals surface area contributed by atoms with Crippen molar-refractivity contribution < 1.29 is 8.83 Å². The van der Waals surface area contributed by atoms with Gasteiger partial charge in [-0.25, -0.2) is 0 Å². The standard InChI is InChI=1S/C61H39NO2/c1-3-15-43(16-4-1)61(44-17-5-2-6-18-44)54-25-10-7-19-48(54)53-39-46(37-38-55(53)61)62(56-26-14-24-52-50-21-9-12-28-58(50)64-60(52)56)45-35-33-41(34-36-45)40-29-31-42(32-30-40)47-22-13-23-51-49-20-8-11-27-57(49)63-59(47)51/h1-39H. The van der Waals surface area contributed by atoms with Gasteiger partial charge < -0.3 is 13.7 Å². The van der Waals surface area contributed by atoms with Crippen molar-refractivity contribution in [2.45, 2.75) is 5.41 Å². The van der Waals surface area contributed by atoms with Crippen LogP contribution in [0.2, 0.25) is 0 Å². The largest absolute Gasteiger partial charge is 0.455 e. The summed E-state index contributed by atoms with van der Waals surface area (Å²) in [6.45, 7) is 0. The molecule has 1 aliphatic carbocycles. The van der Waals surface area contributed by atoms with E-state index < -0.39 is 5.41 Å². The molecule has 0 bridgehead atoms. The van der Waals surface area contributed by atoms with Crippen molar-refractivity contribution in [2.75, 3.05) is 4.90 Å². The Balaban J connectivity index is 0.951. The van der Waals surface area contributed by atoms with Gasteiger partial charge in [0.05, 0.1) is 11.1 Å². The first-order chi connectivity index (χ1) is 31.7. The molecular formula is C61H39NO2. The van der Waals surface area contributed by atoms with Gasteiger partial charge >= 0.3 is 0 Å². The van der Waals surface area contributed by atoms with Gasteiger partial charge in [0.1, 0.15) is 16.7 Å². The first kappa shape index (κ1) is 36.3. The highest BCUT2D eigenvalue weighted by Gasteiger charge is 2.46. The predicted octanol–water partition coefficient (Wildman–Crippen LogP) is 16.7. The van der Waals surface area contributed by atoms with E-state index >= 15 is 0 Å². The van der Waals surface area contributed by atoms with E-state index in [-0.39, 0.29) is 0 Å².